The van der Waals surface area contributed by atoms with E-state index in [-0.39, 0.29) is 11.7 Å². The van der Waals surface area contributed by atoms with E-state index in [0.717, 1.165) is 21.8 Å². The van der Waals surface area contributed by atoms with Gasteiger partial charge >= 0.3 is 0 Å². The van der Waals surface area contributed by atoms with Crippen molar-refractivity contribution in [1.82, 2.24) is 14.6 Å². The van der Waals surface area contributed by atoms with Crippen LogP contribution in [0.15, 0.2) is 59.9 Å². The van der Waals surface area contributed by atoms with Crippen molar-refractivity contribution in [2.24, 2.45) is 0 Å². The number of nitrogens with one attached hydrogen (secondary N) is 1. The Morgan fingerprint density at radius 2 is 1.78 bits per heavy atom. The van der Waals surface area contributed by atoms with Gasteiger partial charge in [0.05, 0.1) is 31.2 Å². The Morgan fingerprint density at radius 1 is 1.03 bits per heavy atom. The maximum absolute atomic E-state index is 12.6. The Hall–Kier alpha value is -3.52. The molecule has 4 rings (SSSR count). The average molecular weight is 449 g/mol. The Bertz CT molecular complexity index is 1260. The second-order valence-electron chi connectivity index (χ2n) is 7.33. The number of aromatic nitrogens is 3. The standard InChI is InChI=1S/C24H24N4O3S/c1-15-5-6-17(9-16(15)2)21-13-22-24(25-7-8-28(22)27-21)32-14-23(29)26-18-10-19(30-3)12-20(11-18)31-4/h5-13H,14H2,1-4H3,(H,26,29). The first-order chi connectivity index (χ1) is 15.5. The molecule has 2 heterocycles. The molecular weight excluding hydrogens is 424 g/mol. The minimum Gasteiger partial charge on any atom is -0.497 e. The summed E-state index contributed by atoms with van der Waals surface area (Å²) in [6, 6.07) is 13.5. The molecule has 0 spiro atoms. The van der Waals surface area contributed by atoms with E-state index in [9.17, 15) is 4.79 Å². The van der Waals surface area contributed by atoms with Gasteiger partial charge in [-0.3, -0.25) is 4.79 Å². The molecule has 0 fully saturated rings. The highest BCUT2D eigenvalue weighted by molar-refractivity contribution is 8.00. The summed E-state index contributed by atoms with van der Waals surface area (Å²) < 4.78 is 12.3. The number of hydrogen-bond donors (Lipinski definition) is 1. The number of hydrogen-bond acceptors (Lipinski definition) is 6. The molecule has 0 atom stereocenters. The lowest BCUT2D eigenvalue weighted by molar-refractivity contribution is -0.113. The summed E-state index contributed by atoms with van der Waals surface area (Å²) in [4.78, 5) is 17.0. The highest BCUT2D eigenvalue weighted by Crippen LogP contribution is 2.28. The summed E-state index contributed by atoms with van der Waals surface area (Å²) in [6.07, 6.45) is 3.50. The van der Waals surface area contributed by atoms with Crippen molar-refractivity contribution in [2.75, 3.05) is 25.3 Å². The number of amides is 1. The molecule has 0 saturated heterocycles. The third-order valence-corrected chi connectivity index (χ3v) is 6.13. The Kier molecular flexibility index (Phi) is 6.32. The number of ether oxygens (including phenoxy) is 2. The molecule has 32 heavy (non-hydrogen) atoms. The molecule has 0 aliphatic carbocycles. The van der Waals surface area contributed by atoms with Gasteiger partial charge in [0.1, 0.15) is 16.5 Å². The molecule has 0 radical (unpaired) electrons. The fourth-order valence-corrected chi connectivity index (χ4v) is 4.04. The molecule has 1 N–H and O–H groups in total. The second kappa shape index (κ2) is 9.32. The van der Waals surface area contributed by atoms with Crippen LogP contribution in [0.5, 0.6) is 11.5 Å². The molecule has 0 aliphatic rings. The number of fused-ring (bicyclic) bond motifs is 1. The summed E-state index contributed by atoms with van der Waals surface area (Å²) in [7, 11) is 3.14. The largest absolute Gasteiger partial charge is 0.497 e. The summed E-state index contributed by atoms with van der Waals surface area (Å²) in [5, 5.41) is 8.31. The fourth-order valence-electron chi connectivity index (χ4n) is 3.26. The van der Waals surface area contributed by atoms with E-state index in [4.69, 9.17) is 9.47 Å². The van der Waals surface area contributed by atoms with Crippen LogP contribution in [-0.2, 0) is 4.79 Å². The predicted molar refractivity (Wildman–Crippen MR) is 127 cm³/mol. The molecule has 7 nitrogen and oxygen atoms in total. The molecule has 1 amide bonds. The normalized spacial score (nSPS) is 10.9. The Morgan fingerprint density at radius 3 is 2.47 bits per heavy atom. The van der Waals surface area contributed by atoms with Crippen LogP contribution in [0.4, 0.5) is 5.69 Å². The molecule has 0 unspecified atom stereocenters. The smallest absolute Gasteiger partial charge is 0.234 e. The number of aryl methyl sites for hydroxylation is 2. The number of benzene rings is 2. The van der Waals surface area contributed by atoms with Crippen molar-refractivity contribution in [3.63, 3.8) is 0 Å². The van der Waals surface area contributed by atoms with Gasteiger partial charge in [0.2, 0.25) is 5.91 Å². The van der Waals surface area contributed by atoms with Gasteiger partial charge in [-0.1, -0.05) is 23.9 Å². The number of nitrogens with zero attached hydrogens (tertiary/aromatic N) is 3. The van der Waals surface area contributed by atoms with Crippen molar-refractivity contribution in [2.45, 2.75) is 18.9 Å². The lowest BCUT2D eigenvalue weighted by Gasteiger charge is -2.10. The molecule has 0 aliphatic heterocycles. The van der Waals surface area contributed by atoms with Crippen LogP contribution in [0, 0.1) is 13.8 Å². The minimum absolute atomic E-state index is 0.150. The van der Waals surface area contributed by atoms with Crippen LogP contribution in [0.3, 0.4) is 0 Å². The highest BCUT2D eigenvalue weighted by atomic mass is 32.2. The lowest BCUT2D eigenvalue weighted by atomic mass is 10.0. The van der Waals surface area contributed by atoms with E-state index in [0.29, 0.717) is 17.2 Å². The zero-order valence-corrected chi connectivity index (χ0v) is 19.2. The van der Waals surface area contributed by atoms with E-state index in [1.807, 2.05) is 12.3 Å². The number of thioether (sulfide) groups is 1. The van der Waals surface area contributed by atoms with Crippen LogP contribution < -0.4 is 14.8 Å². The number of methoxy groups -OCH3 is 2. The van der Waals surface area contributed by atoms with Gasteiger partial charge in [-0.2, -0.15) is 5.10 Å². The van der Waals surface area contributed by atoms with Crippen LogP contribution in [0.1, 0.15) is 11.1 Å². The highest BCUT2D eigenvalue weighted by Gasteiger charge is 2.13. The summed E-state index contributed by atoms with van der Waals surface area (Å²) in [5.74, 6) is 1.27. The summed E-state index contributed by atoms with van der Waals surface area (Å²) in [5.41, 5.74) is 5.86. The summed E-state index contributed by atoms with van der Waals surface area (Å²) >= 11 is 1.36. The quantitative estimate of drug-likeness (QED) is 0.411. The first kappa shape index (κ1) is 21.7. The molecule has 164 valence electrons. The topological polar surface area (TPSA) is 77.8 Å². The lowest BCUT2D eigenvalue weighted by Crippen LogP contribution is -2.14. The average Bonchev–Trinajstić information content (AvgIpc) is 3.24. The molecule has 4 aromatic rings. The van der Waals surface area contributed by atoms with Crippen molar-refractivity contribution < 1.29 is 14.3 Å². The molecule has 2 aromatic carbocycles. The van der Waals surface area contributed by atoms with Crippen molar-refractivity contribution in [1.29, 1.82) is 0 Å². The van der Waals surface area contributed by atoms with E-state index in [2.05, 4.69) is 47.4 Å². The minimum atomic E-state index is -0.150. The van der Waals surface area contributed by atoms with Gasteiger partial charge < -0.3 is 14.8 Å². The van der Waals surface area contributed by atoms with E-state index < -0.39 is 0 Å². The van der Waals surface area contributed by atoms with Gasteiger partial charge in [0, 0.05) is 41.8 Å². The van der Waals surface area contributed by atoms with Crippen LogP contribution in [0.25, 0.3) is 16.8 Å². The summed E-state index contributed by atoms with van der Waals surface area (Å²) in [6.45, 7) is 4.18. The number of carbonyl (C=O) groups is 1. The van der Waals surface area contributed by atoms with Gasteiger partial charge in [-0.25, -0.2) is 9.50 Å². The molecular formula is C24H24N4O3S. The SMILES string of the molecule is COc1cc(NC(=O)CSc2nccn3nc(-c4ccc(C)c(C)c4)cc23)cc(OC)c1. The third-order valence-electron chi connectivity index (χ3n) is 5.13. The van der Waals surface area contributed by atoms with Gasteiger partial charge in [0.15, 0.2) is 0 Å². The van der Waals surface area contributed by atoms with Gasteiger partial charge in [-0.15, -0.1) is 0 Å². The fraction of sp³-hybridized carbons (Fsp3) is 0.208. The van der Waals surface area contributed by atoms with Crippen molar-refractivity contribution >= 4 is 28.9 Å². The number of rotatable bonds is 7. The molecule has 2 aromatic heterocycles. The van der Waals surface area contributed by atoms with Gasteiger partial charge in [0.25, 0.3) is 0 Å². The van der Waals surface area contributed by atoms with Crippen molar-refractivity contribution in [3.8, 4) is 22.8 Å². The van der Waals surface area contributed by atoms with Crippen LogP contribution in [-0.4, -0.2) is 40.5 Å². The molecule has 0 saturated carbocycles. The Balaban J connectivity index is 1.50. The first-order valence-electron chi connectivity index (χ1n) is 10.0. The third kappa shape index (κ3) is 4.70. The second-order valence-corrected chi connectivity index (χ2v) is 8.29. The maximum Gasteiger partial charge on any atom is 0.234 e. The van der Waals surface area contributed by atoms with E-state index in [1.54, 1.807) is 43.1 Å². The Labute approximate surface area is 190 Å². The number of carbonyl (C=O) groups excluding carboxylic acids is 1. The van der Waals surface area contributed by atoms with Crippen LogP contribution >= 0.6 is 11.8 Å². The van der Waals surface area contributed by atoms with Gasteiger partial charge in [-0.05, 0) is 37.1 Å². The monoisotopic (exact) mass is 448 g/mol. The predicted octanol–water partition coefficient (Wildman–Crippen LogP) is 4.76. The first-order valence-corrected chi connectivity index (χ1v) is 11.0. The number of anilines is 1. The zero-order valence-electron chi connectivity index (χ0n) is 18.4. The zero-order chi connectivity index (χ0) is 22.7. The van der Waals surface area contributed by atoms with E-state index >= 15 is 0 Å². The molecule has 0 bridgehead atoms. The van der Waals surface area contributed by atoms with E-state index in [1.165, 1.54) is 22.9 Å². The molecule has 8 heteroatoms. The van der Waals surface area contributed by atoms with Crippen LogP contribution in [0.2, 0.25) is 0 Å². The van der Waals surface area contributed by atoms with Crippen molar-refractivity contribution in [3.05, 3.63) is 66.0 Å². The maximum atomic E-state index is 12.6.